The average Bonchev–Trinajstić information content (AvgIpc) is 2.79. The Labute approximate surface area is 109 Å². The number of para-hydroxylation sites is 1. The maximum Gasteiger partial charge on any atom is 0.315 e. The molecule has 0 saturated carbocycles. The third kappa shape index (κ3) is 3.18. The SMILES string of the molecule is C[C@@H](CO)NC(=O)NCc1nc2ccccc2s1. The van der Waals surface area contributed by atoms with Crippen molar-refractivity contribution in [3.8, 4) is 0 Å². The van der Waals surface area contributed by atoms with Crippen molar-refractivity contribution < 1.29 is 9.90 Å². The molecule has 6 heteroatoms. The van der Waals surface area contributed by atoms with Crippen molar-refractivity contribution in [1.82, 2.24) is 15.6 Å². The molecule has 3 N–H and O–H groups in total. The fourth-order valence-electron chi connectivity index (χ4n) is 1.47. The maximum atomic E-state index is 11.4. The van der Waals surface area contributed by atoms with Gasteiger partial charge in [0.15, 0.2) is 0 Å². The monoisotopic (exact) mass is 265 g/mol. The third-order valence-corrected chi connectivity index (χ3v) is 3.43. The molecule has 1 atom stereocenters. The van der Waals surface area contributed by atoms with Crippen molar-refractivity contribution in [2.75, 3.05) is 6.61 Å². The number of aliphatic hydroxyl groups is 1. The number of urea groups is 1. The molecule has 0 unspecified atom stereocenters. The largest absolute Gasteiger partial charge is 0.394 e. The topological polar surface area (TPSA) is 74.2 Å². The Balaban J connectivity index is 1.92. The van der Waals surface area contributed by atoms with Gasteiger partial charge in [-0.05, 0) is 19.1 Å². The molecule has 0 spiro atoms. The van der Waals surface area contributed by atoms with Crippen molar-refractivity contribution in [2.45, 2.75) is 19.5 Å². The lowest BCUT2D eigenvalue weighted by Crippen LogP contribution is -2.41. The standard InChI is InChI=1S/C12H15N3O2S/c1-8(7-16)14-12(17)13-6-11-15-9-4-2-3-5-10(9)18-11/h2-5,8,16H,6-7H2,1H3,(H2,13,14,17)/t8-/m0/s1. The molecule has 2 aromatic rings. The molecule has 0 aliphatic rings. The molecule has 1 aromatic carbocycles. The molecule has 1 aromatic heterocycles. The van der Waals surface area contributed by atoms with E-state index < -0.39 is 0 Å². The number of carbonyl (C=O) groups excluding carboxylic acids is 1. The maximum absolute atomic E-state index is 11.4. The molecular formula is C12H15N3O2S. The highest BCUT2D eigenvalue weighted by Crippen LogP contribution is 2.21. The highest BCUT2D eigenvalue weighted by molar-refractivity contribution is 7.18. The van der Waals surface area contributed by atoms with Crippen LogP contribution in [-0.2, 0) is 6.54 Å². The van der Waals surface area contributed by atoms with Gasteiger partial charge < -0.3 is 15.7 Å². The average molecular weight is 265 g/mol. The number of benzene rings is 1. The molecule has 0 aliphatic carbocycles. The van der Waals surface area contributed by atoms with Gasteiger partial charge in [-0.3, -0.25) is 0 Å². The summed E-state index contributed by atoms with van der Waals surface area (Å²) < 4.78 is 1.11. The number of thiazole rings is 1. The van der Waals surface area contributed by atoms with Crippen LogP contribution in [0.1, 0.15) is 11.9 Å². The number of rotatable bonds is 4. The quantitative estimate of drug-likeness (QED) is 0.784. The summed E-state index contributed by atoms with van der Waals surface area (Å²) >= 11 is 1.56. The van der Waals surface area contributed by atoms with E-state index >= 15 is 0 Å². The molecule has 2 amide bonds. The summed E-state index contributed by atoms with van der Waals surface area (Å²) in [5, 5.41) is 15.0. The van der Waals surface area contributed by atoms with E-state index in [1.54, 1.807) is 18.3 Å². The molecule has 0 bridgehead atoms. The number of hydrogen-bond donors (Lipinski definition) is 3. The molecule has 0 fully saturated rings. The van der Waals surface area contributed by atoms with Gasteiger partial charge in [0.2, 0.25) is 0 Å². The third-order valence-electron chi connectivity index (χ3n) is 2.39. The number of hydrogen-bond acceptors (Lipinski definition) is 4. The van der Waals surface area contributed by atoms with Gasteiger partial charge in [-0.2, -0.15) is 0 Å². The first kappa shape index (κ1) is 12.8. The van der Waals surface area contributed by atoms with E-state index in [0.717, 1.165) is 15.2 Å². The molecular weight excluding hydrogens is 250 g/mol. The summed E-state index contributed by atoms with van der Waals surface area (Å²) in [4.78, 5) is 15.9. The molecule has 0 saturated heterocycles. The number of carbonyl (C=O) groups is 1. The zero-order valence-electron chi connectivity index (χ0n) is 10.0. The molecule has 2 rings (SSSR count). The van der Waals surface area contributed by atoms with E-state index in [1.165, 1.54) is 0 Å². The second-order valence-electron chi connectivity index (χ2n) is 3.99. The number of amides is 2. The number of aliphatic hydroxyl groups excluding tert-OH is 1. The summed E-state index contributed by atoms with van der Waals surface area (Å²) in [6.07, 6.45) is 0. The summed E-state index contributed by atoms with van der Waals surface area (Å²) in [6.45, 7) is 2.05. The molecule has 5 nitrogen and oxygen atoms in total. The lowest BCUT2D eigenvalue weighted by molar-refractivity contribution is 0.220. The zero-order valence-corrected chi connectivity index (χ0v) is 10.8. The molecule has 0 aliphatic heterocycles. The lowest BCUT2D eigenvalue weighted by Gasteiger charge is -2.10. The Kier molecular flexibility index (Phi) is 4.11. The Morgan fingerprint density at radius 2 is 2.28 bits per heavy atom. The molecule has 1 heterocycles. The number of nitrogens with zero attached hydrogens (tertiary/aromatic N) is 1. The fourth-order valence-corrected chi connectivity index (χ4v) is 2.38. The molecule has 18 heavy (non-hydrogen) atoms. The smallest absolute Gasteiger partial charge is 0.315 e. The van der Waals surface area contributed by atoms with Crippen molar-refractivity contribution in [2.24, 2.45) is 0 Å². The minimum Gasteiger partial charge on any atom is -0.394 e. The van der Waals surface area contributed by atoms with Crippen molar-refractivity contribution in [3.63, 3.8) is 0 Å². The minimum absolute atomic E-state index is 0.0748. The van der Waals surface area contributed by atoms with Crippen LogP contribution in [0.4, 0.5) is 4.79 Å². The number of nitrogens with one attached hydrogen (secondary N) is 2. The summed E-state index contributed by atoms with van der Waals surface area (Å²) in [6, 6.07) is 7.31. The van der Waals surface area contributed by atoms with Gasteiger partial charge in [-0.15, -0.1) is 11.3 Å². The number of fused-ring (bicyclic) bond motifs is 1. The van der Waals surface area contributed by atoms with Gasteiger partial charge in [-0.1, -0.05) is 12.1 Å². The van der Waals surface area contributed by atoms with E-state index in [4.69, 9.17) is 5.11 Å². The number of aromatic nitrogens is 1. The first-order valence-electron chi connectivity index (χ1n) is 5.68. The first-order chi connectivity index (χ1) is 8.69. The van der Waals surface area contributed by atoms with Gasteiger partial charge in [0.05, 0.1) is 29.4 Å². The van der Waals surface area contributed by atoms with E-state index in [2.05, 4.69) is 15.6 Å². The van der Waals surface area contributed by atoms with E-state index in [9.17, 15) is 4.79 Å². The van der Waals surface area contributed by atoms with Crippen LogP contribution in [0, 0.1) is 0 Å². The van der Waals surface area contributed by atoms with Crippen LogP contribution >= 0.6 is 11.3 Å². The Hall–Kier alpha value is -1.66. The summed E-state index contributed by atoms with van der Waals surface area (Å²) in [5.41, 5.74) is 0.948. The highest BCUT2D eigenvalue weighted by atomic mass is 32.1. The van der Waals surface area contributed by atoms with Gasteiger partial charge in [0.25, 0.3) is 0 Å². The minimum atomic E-state index is -0.296. The second kappa shape index (κ2) is 5.79. The van der Waals surface area contributed by atoms with Crippen LogP contribution in [0.5, 0.6) is 0 Å². The van der Waals surface area contributed by atoms with Crippen molar-refractivity contribution in [1.29, 1.82) is 0 Å². The second-order valence-corrected chi connectivity index (χ2v) is 5.10. The van der Waals surface area contributed by atoms with Crippen LogP contribution in [0.25, 0.3) is 10.2 Å². The predicted molar refractivity (Wildman–Crippen MR) is 71.5 cm³/mol. The van der Waals surface area contributed by atoms with Crippen LogP contribution in [0.15, 0.2) is 24.3 Å². The normalized spacial score (nSPS) is 12.3. The first-order valence-corrected chi connectivity index (χ1v) is 6.50. The van der Waals surface area contributed by atoms with Crippen LogP contribution in [-0.4, -0.2) is 28.8 Å². The predicted octanol–water partition coefficient (Wildman–Crippen LogP) is 1.48. The van der Waals surface area contributed by atoms with E-state index in [1.807, 2.05) is 24.3 Å². The lowest BCUT2D eigenvalue weighted by atomic mass is 10.3. The van der Waals surface area contributed by atoms with E-state index in [0.29, 0.717) is 6.54 Å². The van der Waals surface area contributed by atoms with Gasteiger partial charge in [-0.25, -0.2) is 9.78 Å². The van der Waals surface area contributed by atoms with Crippen LogP contribution < -0.4 is 10.6 Å². The van der Waals surface area contributed by atoms with E-state index in [-0.39, 0.29) is 18.7 Å². The van der Waals surface area contributed by atoms with Gasteiger partial charge >= 0.3 is 6.03 Å². The highest BCUT2D eigenvalue weighted by Gasteiger charge is 2.07. The fraction of sp³-hybridized carbons (Fsp3) is 0.333. The van der Waals surface area contributed by atoms with Crippen LogP contribution in [0.2, 0.25) is 0 Å². The molecule has 96 valence electrons. The van der Waals surface area contributed by atoms with Gasteiger partial charge in [0.1, 0.15) is 5.01 Å². The van der Waals surface area contributed by atoms with Crippen molar-refractivity contribution in [3.05, 3.63) is 29.3 Å². The summed E-state index contributed by atoms with van der Waals surface area (Å²) in [7, 11) is 0. The Bertz CT molecular complexity index is 508. The summed E-state index contributed by atoms with van der Waals surface area (Å²) in [5.74, 6) is 0. The molecule has 0 radical (unpaired) electrons. The van der Waals surface area contributed by atoms with Gasteiger partial charge in [0, 0.05) is 0 Å². The van der Waals surface area contributed by atoms with Crippen molar-refractivity contribution >= 4 is 27.6 Å². The Morgan fingerprint density at radius 3 is 3.00 bits per heavy atom. The Morgan fingerprint density at radius 1 is 1.50 bits per heavy atom. The van der Waals surface area contributed by atoms with Crippen LogP contribution in [0.3, 0.4) is 0 Å². The zero-order chi connectivity index (χ0) is 13.0.